The van der Waals surface area contributed by atoms with E-state index in [-0.39, 0.29) is 18.1 Å². The van der Waals surface area contributed by atoms with Crippen LogP contribution >= 0.6 is 12.4 Å². The van der Waals surface area contributed by atoms with Crippen molar-refractivity contribution in [1.82, 2.24) is 5.32 Å². The molecule has 1 aliphatic rings. The molecule has 0 aromatic rings. The van der Waals surface area contributed by atoms with Crippen molar-refractivity contribution < 1.29 is 0 Å². The van der Waals surface area contributed by atoms with Gasteiger partial charge in [0.1, 0.15) is 0 Å². The van der Waals surface area contributed by atoms with Crippen LogP contribution in [0.4, 0.5) is 0 Å². The summed E-state index contributed by atoms with van der Waals surface area (Å²) in [5, 5.41) is 10.5. The Morgan fingerprint density at radius 2 is 2.12 bits per heavy atom. The van der Waals surface area contributed by atoms with Crippen LogP contribution in [0.5, 0.6) is 0 Å². The van der Waals surface area contributed by atoms with E-state index in [1.807, 2.05) is 0 Å². The summed E-state index contributed by atoms with van der Waals surface area (Å²) in [4.78, 5) is 0. The van der Waals surface area contributed by atoms with Crippen LogP contribution in [0.2, 0.25) is 0 Å². The second-order valence-corrected chi connectivity index (χ2v) is 1.89. The van der Waals surface area contributed by atoms with Gasteiger partial charge in [-0.3, -0.25) is 0 Å². The summed E-state index contributed by atoms with van der Waals surface area (Å²) in [7, 11) is 0. The Bertz CT molecular complexity index is 113. The fraction of sp³-hybridized carbons (Fsp3) is 0.750. The molecule has 0 heterocycles. The summed E-state index contributed by atoms with van der Waals surface area (Å²) in [5.74, 6) is 0. The average molecular weight is 134 g/mol. The number of halogens is 1. The second-order valence-electron chi connectivity index (χ2n) is 1.89. The van der Waals surface area contributed by atoms with Crippen LogP contribution in [0.1, 0.15) is 12.8 Å². The lowest BCUT2D eigenvalue weighted by Gasteiger charge is -2.00. The van der Waals surface area contributed by atoms with Gasteiger partial charge in [0, 0.05) is 0 Å². The first-order valence-electron chi connectivity index (χ1n) is 2.22. The first-order chi connectivity index (χ1) is 3.27. The molecule has 1 saturated carbocycles. The minimum Gasteiger partial charge on any atom is -0.308 e. The van der Waals surface area contributed by atoms with Crippen LogP contribution in [-0.4, -0.2) is 5.66 Å². The van der Waals surface area contributed by atoms with Gasteiger partial charge in [0.2, 0.25) is 0 Å². The molecule has 0 atom stereocenters. The zero-order valence-corrected chi connectivity index (χ0v) is 5.16. The van der Waals surface area contributed by atoms with Crippen molar-refractivity contribution in [3.05, 3.63) is 0 Å². The Morgan fingerprint density at radius 1 is 1.62 bits per heavy atom. The maximum Gasteiger partial charge on any atom is 0.178 e. The van der Waals surface area contributed by atoms with Crippen LogP contribution < -0.4 is 11.1 Å². The van der Waals surface area contributed by atoms with Gasteiger partial charge in [-0.1, -0.05) is 0 Å². The molecule has 0 saturated heterocycles. The predicted octanol–water partition coefficient (Wildman–Crippen LogP) is -0.0723. The highest BCUT2D eigenvalue weighted by Gasteiger charge is 2.37. The largest absolute Gasteiger partial charge is 0.308 e. The molecule has 0 bridgehead atoms. The van der Waals surface area contributed by atoms with Crippen LogP contribution in [-0.2, 0) is 0 Å². The fourth-order valence-corrected chi connectivity index (χ4v) is 0.371. The molecule has 0 amide bonds. The van der Waals surface area contributed by atoms with Crippen molar-refractivity contribution >= 4 is 12.4 Å². The van der Waals surface area contributed by atoms with Gasteiger partial charge in [-0.25, -0.2) is 0 Å². The van der Waals surface area contributed by atoms with E-state index in [1.54, 1.807) is 6.19 Å². The number of rotatable bonds is 1. The molecule has 0 aromatic carbocycles. The average Bonchev–Trinajstić information content (AvgIpc) is 2.22. The third-order valence-corrected chi connectivity index (χ3v) is 1.09. The lowest BCUT2D eigenvalue weighted by atomic mass is 10.5. The minimum atomic E-state index is -0.311. The molecular weight excluding hydrogens is 126 g/mol. The van der Waals surface area contributed by atoms with Crippen LogP contribution in [0, 0.1) is 11.5 Å². The smallest absolute Gasteiger partial charge is 0.178 e. The summed E-state index contributed by atoms with van der Waals surface area (Å²) in [6.07, 6.45) is 3.66. The predicted molar refractivity (Wildman–Crippen MR) is 32.1 cm³/mol. The van der Waals surface area contributed by atoms with Gasteiger partial charge in [0.25, 0.3) is 0 Å². The lowest BCUT2D eigenvalue weighted by molar-refractivity contribution is 0.615. The zero-order chi connectivity index (χ0) is 5.33. The standard InChI is InChI=1S/C4H7N3.ClH/c5-3-7-4(6)1-2-4;/h7H,1-2,6H2;1H. The van der Waals surface area contributed by atoms with Crippen molar-refractivity contribution in [3.8, 4) is 6.19 Å². The van der Waals surface area contributed by atoms with Crippen LogP contribution in [0.3, 0.4) is 0 Å². The van der Waals surface area contributed by atoms with Crippen molar-refractivity contribution in [2.24, 2.45) is 5.73 Å². The van der Waals surface area contributed by atoms with E-state index in [9.17, 15) is 0 Å². The van der Waals surface area contributed by atoms with Crippen LogP contribution in [0.15, 0.2) is 0 Å². The molecule has 1 fully saturated rings. The van der Waals surface area contributed by atoms with Crippen molar-refractivity contribution in [2.75, 3.05) is 0 Å². The van der Waals surface area contributed by atoms with E-state index < -0.39 is 0 Å². The molecule has 0 aliphatic heterocycles. The van der Waals surface area contributed by atoms with Crippen molar-refractivity contribution in [2.45, 2.75) is 18.5 Å². The van der Waals surface area contributed by atoms with Crippen molar-refractivity contribution in [3.63, 3.8) is 0 Å². The highest BCUT2D eigenvalue weighted by Crippen LogP contribution is 2.27. The highest BCUT2D eigenvalue weighted by atomic mass is 35.5. The summed E-state index contributed by atoms with van der Waals surface area (Å²) >= 11 is 0. The number of nitriles is 1. The number of nitrogens with two attached hydrogens (primary N) is 1. The van der Waals surface area contributed by atoms with E-state index in [2.05, 4.69) is 5.32 Å². The van der Waals surface area contributed by atoms with E-state index in [0.717, 1.165) is 12.8 Å². The third kappa shape index (κ3) is 1.57. The molecule has 3 N–H and O–H groups in total. The lowest BCUT2D eigenvalue weighted by Crippen LogP contribution is -2.36. The summed E-state index contributed by atoms with van der Waals surface area (Å²) in [5.41, 5.74) is 5.11. The van der Waals surface area contributed by atoms with E-state index in [4.69, 9.17) is 11.0 Å². The molecule has 0 radical (unpaired) electrons. The van der Waals surface area contributed by atoms with Gasteiger partial charge < -0.3 is 11.1 Å². The van der Waals surface area contributed by atoms with Gasteiger partial charge in [-0.05, 0) is 12.8 Å². The normalized spacial score (nSPS) is 20.0. The van der Waals surface area contributed by atoms with Crippen molar-refractivity contribution in [1.29, 1.82) is 5.26 Å². The topological polar surface area (TPSA) is 61.8 Å². The molecule has 0 unspecified atom stereocenters. The molecule has 8 heavy (non-hydrogen) atoms. The highest BCUT2D eigenvalue weighted by molar-refractivity contribution is 5.85. The Hall–Kier alpha value is -0.460. The Morgan fingerprint density at radius 3 is 2.25 bits per heavy atom. The maximum atomic E-state index is 8.00. The number of nitrogens with one attached hydrogen (secondary N) is 1. The zero-order valence-electron chi connectivity index (χ0n) is 4.35. The van der Waals surface area contributed by atoms with Gasteiger partial charge in [0.05, 0.1) is 5.66 Å². The summed E-state index contributed by atoms with van der Waals surface area (Å²) in [6, 6.07) is 0. The van der Waals surface area contributed by atoms with Gasteiger partial charge in [-0.2, -0.15) is 5.26 Å². The summed E-state index contributed by atoms with van der Waals surface area (Å²) < 4.78 is 0. The molecule has 1 rings (SSSR count). The summed E-state index contributed by atoms with van der Waals surface area (Å²) in [6.45, 7) is 0. The SMILES string of the molecule is Cl.N#CNC1(N)CC1. The Kier molecular flexibility index (Phi) is 2.08. The van der Waals surface area contributed by atoms with Gasteiger partial charge in [-0.15, -0.1) is 12.4 Å². The maximum absolute atomic E-state index is 8.00. The van der Waals surface area contributed by atoms with Crippen LogP contribution in [0.25, 0.3) is 0 Å². The number of hydrogen-bond acceptors (Lipinski definition) is 3. The van der Waals surface area contributed by atoms with Gasteiger partial charge >= 0.3 is 0 Å². The number of nitrogens with zero attached hydrogens (tertiary/aromatic N) is 1. The third-order valence-electron chi connectivity index (χ3n) is 1.09. The second kappa shape index (κ2) is 2.21. The van der Waals surface area contributed by atoms with E-state index in [0.29, 0.717) is 0 Å². The molecule has 46 valence electrons. The van der Waals surface area contributed by atoms with E-state index >= 15 is 0 Å². The molecule has 0 aromatic heterocycles. The monoisotopic (exact) mass is 133 g/mol. The molecule has 4 heteroatoms. The first kappa shape index (κ1) is 7.54. The Labute approximate surface area is 54.3 Å². The molecule has 0 spiro atoms. The quantitative estimate of drug-likeness (QED) is 0.299. The van der Waals surface area contributed by atoms with Gasteiger partial charge in [0.15, 0.2) is 6.19 Å². The first-order valence-corrected chi connectivity index (χ1v) is 2.22. The molecular formula is C4H8ClN3. The number of hydrogen-bond donors (Lipinski definition) is 2. The Balaban J connectivity index is 0.000000490. The fourth-order valence-electron chi connectivity index (χ4n) is 0.371. The molecule has 3 nitrogen and oxygen atoms in total. The van der Waals surface area contributed by atoms with E-state index in [1.165, 1.54) is 0 Å². The molecule has 1 aliphatic carbocycles. The minimum absolute atomic E-state index is 0.